The Kier molecular flexibility index (Phi) is 5.34. The number of rotatable bonds is 4. The van der Waals surface area contributed by atoms with Crippen LogP contribution in [0.3, 0.4) is 0 Å². The zero-order valence-corrected chi connectivity index (χ0v) is 13.5. The molecule has 122 valence electrons. The Morgan fingerprint density at radius 1 is 1.09 bits per heavy atom. The van der Waals surface area contributed by atoms with Crippen LogP contribution in [0.1, 0.15) is 37.3 Å². The SMILES string of the molecule is COc1ccc(C(C2CCNCC2)N2CCC(O)CC2)cc1. The van der Waals surface area contributed by atoms with Crippen molar-refractivity contribution in [1.82, 2.24) is 10.2 Å². The summed E-state index contributed by atoms with van der Waals surface area (Å²) in [6.07, 6.45) is 4.15. The molecule has 1 aromatic carbocycles. The predicted molar refractivity (Wildman–Crippen MR) is 88.1 cm³/mol. The summed E-state index contributed by atoms with van der Waals surface area (Å²) >= 11 is 0. The van der Waals surface area contributed by atoms with Crippen LogP contribution in [-0.2, 0) is 0 Å². The summed E-state index contributed by atoms with van der Waals surface area (Å²) in [5.41, 5.74) is 1.39. The van der Waals surface area contributed by atoms with Crippen molar-refractivity contribution in [3.05, 3.63) is 29.8 Å². The van der Waals surface area contributed by atoms with Gasteiger partial charge in [0.25, 0.3) is 0 Å². The van der Waals surface area contributed by atoms with Gasteiger partial charge in [-0.25, -0.2) is 0 Å². The number of aliphatic hydroxyl groups is 1. The molecule has 0 amide bonds. The lowest BCUT2D eigenvalue weighted by Gasteiger charge is -2.42. The fourth-order valence-electron chi connectivity index (χ4n) is 3.91. The van der Waals surface area contributed by atoms with Crippen LogP contribution in [0.25, 0.3) is 0 Å². The summed E-state index contributed by atoms with van der Waals surface area (Å²) < 4.78 is 5.30. The van der Waals surface area contributed by atoms with E-state index in [1.165, 1.54) is 18.4 Å². The molecule has 22 heavy (non-hydrogen) atoms. The molecule has 2 aliphatic rings. The van der Waals surface area contributed by atoms with Crippen molar-refractivity contribution in [1.29, 1.82) is 0 Å². The second-order valence-corrected chi connectivity index (χ2v) is 6.57. The average Bonchev–Trinajstić information content (AvgIpc) is 2.58. The molecule has 4 heteroatoms. The van der Waals surface area contributed by atoms with Crippen LogP contribution in [0.5, 0.6) is 5.75 Å². The Hall–Kier alpha value is -1.10. The zero-order valence-electron chi connectivity index (χ0n) is 13.5. The van der Waals surface area contributed by atoms with E-state index in [0.717, 1.165) is 44.8 Å². The van der Waals surface area contributed by atoms with Crippen LogP contribution in [0.2, 0.25) is 0 Å². The summed E-state index contributed by atoms with van der Waals surface area (Å²) in [4.78, 5) is 2.59. The molecule has 1 unspecified atom stereocenters. The Balaban J connectivity index is 1.80. The van der Waals surface area contributed by atoms with Crippen LogP contribution in [-0.4, -0.2) is 49.4 Å². The van der Waals surface area contributed by atoms with Crippen molar-refractivity contribution in [2.45, 2.75) is 37.8 Å². The first-order valence-corrected chi connectivity index (χ1v) is 8.54. The standard InChI is InChI=1S/C18H28N2O2/c1-22-17-4-2-14(3-5-17)18(15-6-10-19-11-7-15)20-12-8-16(21)9-13-20/h2-5,15-16,18-19,21H,6-13H2,1H3. The second-order valence-electron chi connectivity index (χ2n) is 6.57. The van der Waals surface area contributed by atoms with Gasteiger partial charge < -0.3 is 15.2 Å². The van der Waals surface area contributed by atoms with E-state index < -0.39 is 0 Å². The number of nitrogens with one attached hydrogen (secondary N) is 1. The van der Waals surface area contributed by atoms with E-state index in [1.54, 1.807) is 7.11 Å². The van der Waals surface area contributed by atoms with E-state index in [1.807, 2.05) is 0 Å². The molecule has 2 fully saturated rings. The number of benzene rings is 1. The van der Waals surface area contributed by atoms with Gasteiger partial charge in [-0.15, -0.1) is 0 Å². The topological polar surface area (TPSA) is 44.7 Å². The highest BCUT2D eigenvalue weighted by molar-refractivity contribution is 5.29. The minimum absolute atomic E-state index is 0.110. The van der Waals surface area contributed by atoms with Crippen LogP contribution in [0, 0.1) is 5.92 Å². The lowest BCUT2D eigenvalue weighted by molar-refractivity contribution is 0.0371. The van der Waals surface area contributed by atoms with Gasteiger partial charge in [0.15, 0.2) is 0 Å². The van der Waals surface area contributed by atoms with Gasteiger partial charge in [-0.1, -0.05) is 12.1 Å². The summed E-state index contributed by atoms with van der Waals surface area (Å²) in [6, 6.07) is 9.05. The van der Waals surface area contributed by atoms with Crippen molar-refractivity contribution in [3.63, 3.8) is 0 Å². The average molecular weight is 304 g/mol. The van der Waals surface area contributed by atoms with Gasteiger partial charge in [0, 0.05) is 19.1 Å². The number of piperidine rings is 2. The summed E-state index contributed by atoms with van der Waals surface area (Å²) in [7, 11) is 1.71. The normalized spacial score (nSPS) is 23.4. The Bertz CT molecular complexity index is 449. The summed E-state index contributed by atoms with van der Waals surface area (Å²) in [6.45, 7) is 4.24. The molecule has 0 radical (unpaired) electrons. The van der Waals surface area contributed by atoms with E-state index in [0.29, 0.717) is 12.0 Å². The lowest BCUT2D eigenvalue weighted by Crippen LogP contribution is -2.43. The molecule has 0 saturated carbocycles. The highest BCUT2D eigenvalue weighted by Gasteiger charge is 2.32. The number of aliphatic hydroxyl groups excluding tert-OH is 1. The second kappa shape index (κ2) is 7.44. The molecule has 4 nitrogen and oxygen atoms in total. The number of ether oxygens (including phenoxy) is 1. The van der Waals surface area contributed by atoms with Gasteiger partial charge >= 0.3 is 0 Å². The van der Waals surface area contributed by atoms with Crippen LogP contribution in [0.15, 0.2) is 24.3 Å². The minimum atomic E-state index is -0.110. The third-order valence-electron chi connectivity index (χ3n) is 5.18. The van der Waals surface area contributed by atoms with Gasteiger partial charge in [0.1, 0.15) is 5.75 Å². The number of hydrogen-bond acceptors (Lipinski definition) is 4. The molecule has 2 N–H and O–H groups in total. The highest BCUT2D eigenvalue weighted by atomic mass is 16.5. The number of likely N-dealkylation sites (tertiary alicyclic amines) is 1. The van der Waals surface area contributed by atoms with E-state index in [-0.39, 0.29) is 6.10 Å². The van der Waals surface area contributed by atoms with Crippen molar-refractivity contribution < 1.29 is 9.84 Å². The quantitative estimate of drug-likeness (QED) is 0.895. The van der Waals surface area contributed by atoms with Crippen molar-refractivity contribution in [2.24, 2.45) is 5.92 Å². The third-order valence-corrected chi connectivity index (χ3v) is 5.18. The molecule has 1 aromatic rings. The first kappa shape index (κ1) is 15.8. The summed E-state index contributed by atoms with van der Waals surface area (Å²) in [5.74, 6) is 1.62. The van der Waals surface area contributed by atoms with Gasteiger partial charge in [-0.2, -0.15) is 0 Å². The number of methoxy groups -OCH3 is 1. The smallest absolute Gasteiger partial charge is 0.118 e. The zero-order chi connectivity index (χ0) is 15.4. The molecule has 0 aliphatic carbocycles. The maximum Gasteiger partial charge on any atom is 0.118 e. The Morgan fingerprint density at radius 3 is 2.32 bits per heavy atom. The van der Waals surface area contributed by atoms with E-state index >= 15 is 0 Å². The monoisotopic (exact) mass is 304 g/mol. The number of nitrogens with zero attached hydrogens (tertiary/aromatic N) is 1. The van der Waals surface area contributed by atoms with E-state index in [2.05, 4.69) is 34.5 Å². The Morgan fingerprint density at radius 2 is 1.73 bits per heavy atom. The maximum absolute atomic E-state index is 9.80. The minimum Gasteiger partial charge on any atom is -0.497 e. The molecule has 0 bridgehead atoms. The van der Waals surface area contributed by atoms with Gasteiger partial charge in [0.05, 0.1) is 13.2 Å². The fraction of sp³-hybridized carbons (Fsp3) is 0.667. The Labute approximate surface area is 133 Å². The molecular weight excluding hydrogens is 276 g/mol. The molecule has 0 spiro atoms. The molecule has 2 aliphatic heterocycles. The van der Waals surface area contributed by atoms with Crippen molar-refractivity contribution in [2.75, 3.05) is 33.3 Å². The fourth-order valence-corrected chi connectivity index (χ4v) is 3.91. The first-order chi connectivity index (χ1) is 10.8. The van der Waals surface area contributed by atoms with Crippen molar-refractivity contribution in [3.8, 4) is 5.75 Å². The maximum atomic E-state index is 9.80. The predicted octanol–water partition coefficient (Wildman–Crippen LogP) is 2.19. The molecule has 2 saturated heterocycles. The van der Waals surface area contributed by atoms with Crippen LogP contribution < -0.4 is 10.1 Å². The third kappa shape index (κ3) is 3.62. The molecular formula is C18H28N2O2. The molecule has 1 atom stereocenters. The molecule has 2 heterocycles. The first-order valence-electron chi connectivity index (χ1n) is 8.54. The van der Waals surface area contributed by atoms with E-state index in [4.69, 9.17) is 4.74 Å². The van der Waals surface area contributed by atoms with Gasteiger partial charge in [0.2, 0.25) is 0 Å². The van der Waals surface area contributed by atoms with Gasteiger partial charge in [-0.05, 0) is 62.4 Å². The highest BCUT2D eigenvalue weighted by Crippen LogP contribution is 2.36. The van der Waals surface area contributed by atoms with Crippen molar-refractivity contribution >= 4 is 0 Å². The summed E-state index contributed by atoms with van der Waals surface area (Å²) in [5, 5.41) is 13.3. The molecule has 0 aromatic heterocycles. The number of hydrogen-bond donors (Lipinski definition) is 2. The van der Waals surface area contributed by atoms with E-state index in [9.17, 15) is 5.11 Å². The lowest BCUT2D eigenvalue weighted by atomic mass is 9.84. The van der Waals surface area contributed by atoms with Gasteiger partial charge in [-0.3, -0.25) is 4.90 Å². The van der Waals surface area contributed by atoms with Crippen LogP contribution in [0.4, 0.5) is 0 Å². The van der Waals surface area contributed by atoms with Crippen LogP contribution >= 0.6 is 0 Å². The largest absolute Gasteiger partial charge is 0.497 e. The molecule has 3 rings (SSSR count).